The van der Waals surface area contributed by atoms with E-state index in [4.69, 9.17) is 34.8 Å². The first-order valence-electron chi connectivity index (χ1n) is 4.78. The van der Waals surface area contributed by atoms with E-state index >= 15 is 0 Å². The molecule has 0 aliphatic heterocycles. The largest absolute Gasteiger partial charge is 0.122 e. The quantitative estimate of drug-likeness (QED) is 0.623. The van der Waals surface area contributed by atoms with Crippen LogP contribution in [0.15, 0.2) is 18.2 Å². The molecule has 1 aromatic rings. The Hall–Kier alpha value is 0.0900. The fraction of sp³-hybridized carbons (Fsp3) is 0.455. The summed E-state index contributed by atoms with van der Waals surface area (Å²) in [6, 6.07) is 5.77. The minimum atomic E-state index is 0.214. The molecule has 0 N–H and O–H groups in total. The predicted octanol–water partition coefficient (Wildman–Crippen LogP) is 4.87. The molecule has 0 nitrogen and oxygen atoms in total. The minimum Gasteiger partial charge on any atom is -0.122 e. The average molecular weight is 250 g/mol. The van der Waals surface area contributed by atoms with Gasteiger partial charge < -0.3 is 0 Å². The van der Waals surface area contributed by atoms with Crippen LogP contribution in [0.2, 0.25) is 10.0 Å². The SMILES string of the molecule is Clc1cccc(C2CCCC2Cl)c1Cl. The molecule has 2 atom stereocenters. The Bertz CT molecular complexity index is 335. The van der Waals surface area contributed by atoms with Gasteiger partial charge in [-0.15, -0.1) is 11.6 Å². The summed E-state index contributed by atoms with van der Waals surface area (Å²) in [7, 11) is 0. The van der Waals surface area contributed by atoms with E-state index < -0.39 is 0 Å². The maximum Gasteiger partial charge on any atom is 0.0627 e. The van der Waals surface area contributed by atoms with Gasteiger partial charge in [0.05, 0.1) is 10.0 Å². The van der Waals surface area contributed by atoms with Crippen molar-refractivity contribution in [3.8, 4) is 0 Å². The van der Waals surface area contributed by atoms with Gasteiger partial charge in [-0.25, -0.2) is 0 Å². The molecule has 0 amide bonds. The van der Waals surface area contributed by atoms with Gasteiger partial charge in [-0.3, -0.25) is 0 Å². The summed E-state index contributed by atoms with van der Waals surface area (Å²) >= 11 is 18.3. The zero-order valence-corrected chi connectivity index (χ0v) is 9.91. The molecule has 0 radical (unpaired) electrons. The molecular formula is C11H11Cl3. The van der Waals surface area contributed by atoms with Crippen molar-refractivity contribution in [1.29, 1.82) is 0 Å². The highest BCUT2D eigenvalue weighted by molar-refractivity contribution is 6.42. The second-order valence-corrected chi connectivity index (χ2v) is 5.04. The van der Waals surface area contributed by atoms with Gasteiger partial charge in [0.1, 0.15) is 0 Å². The molecular weight excluding hydrogens is 238 g/mol. The minimum absolute atomic E-state index is 0.214. The van der Waals surface area contributed by atoms with Crippen LogP contribution in [-0.2, 0) is 0 Å². The predicted molar refractivity (Wildman–Crippen MR) is 62.7 cm³/mol. The molecule has 76 valence electrons. The third kappa shape index (κ3) is 1.88. The van der Waals surface area contributed by atoms with Crippen LogP contribution in [0.4, 0.5) is 0 Å². The zero-order chi connectivity index (χ0) is 10.1. The lowest BCUT2D eigenvalue weighted by atomic mass is 9.97. The standard InChI is InChI=1S/C11H11Cl3/c12-9-5-1-3-7(9)8-4-2-6-10(13)11(8)14/h2,4,6-7,9H,1,3,5H2. The first kappa shape index (κ1) is 10.6. The summed E-state index contributed by atoms with van der Waals surface area (Å²) in [5.74, 6) is 0.378. The molecule has 0 saturated heterocycles. The molecule has 1 aliphatic carbocycles. The number of halogens is 3. The zero-order valence-electron chi connectivity index (χ0n) is 7.64. The second-order valence-electron chi connectivity index (χ2n) is 3.70. The highest BCUT2D eigenvalue weighted by Crippen LogP contribution is 2.42. The molecule has 0 aromatic heterocycles. The molecule has 0 spiro atoms. The maximum absolute atomic E-state index is 6.24. The Morgan fingerprint density at radius 1 is 1.14 bits per heavy atom. The van der Waals surface area contributed by atoms with Gasteiger partial charge in [-0.2, -0.15) is 0 Å². The van der Waals surface area contributed by atoms with Crippen molar-refractivity contribution in [1.82, 2.24) is 0 Å². The Morgan fingerprint density at radius 2 is 1.93 bits per heavy atom. The molecule has 14 heavy (non-hydrogen) atoms. The van der Waals surface area contributed by atoms with E-state index in [-0.39, 0.29) is 5.38 Å². The summed E-state index contributed by atoms with van der Waals surface area (Å²) in [6.45, 7) is 0. The van der Waals surface area contributed by atoms with Gasteiger partial charge in [-0.1, -0.05) is 41.8 Å². The fourth-order valence-electron chi connectivity index (χ4n) is 2.07. The van der Waals surface area contributed by atoms with Crippen LogP contribution < -0.4 is 0 Å². The van der Waals surface area contributed by atoms with Crippen LogP contribution in [0.25, 0.3) is 0 Å². The van der Waals surface area contributed by atoms with E-state index in [0.29, 0.717) is 16.0 Å². The van der Waals surface area contributed by atoms with Crippen LogP contribution in [0, 0.1) is 0 Å². The molecule has 2 rings (SSSR count). The smallest absolute Gasteiger partial charge is 0.0627 e. The van der Waals surface area contributed by atoms with Gasteiger partial charge in [0.2, 0.25) is 0 Å². The highest BCUT2D eigenvalue weighted by atomic mass is 35.5. The van der Waals surface area contributed by atoms with Gasteiger partial charge in [0.25, 0.3) is 0 Å². The third-order valence-corrected chi connectivity index (χ3v) is 4.17. The van der Waals surface area contributed by atoms with Crippen molar-refractivity contribution in [2.45, 2.75) is 30.6 Å². The van der Waals surface area contributed by atoms with Crippen molar-refractivity contribution < 1.29 is 0 Å². The van der Waals surface area contributed by atoms with Crippen LogP contribution in [0.5, 0.6) is 0 Å². The molecule has 1 fully saturated rings. The Morgan fingerprint density at radius 3 is 2.57 bits per heavy atom. The first-order chi connectivity index (χ1) is 6.70. The van der Waals surface area contributed by atoms with Crippen molar-refractivity contribution in [3.05, 3.63) is 33.8 Å². The van der Waals surface area contributed by atoms with E-state index in [1.165, 1.54) is 6.42 Å². The fourth-order valence-corrected chi connectivity index (χ4v) is 2.94. The summed E-state index contributed by atoms with van der Waals surface area (Å²) in [4.78, 5) is 0. The molecule has 1 saturated carbocycles. The molecule has 0 heterocycles. The van der Waals surface area contributed by atoms with Crippen LogP contribution >= 0.6 is 34.8 Å². The number of hydrogen-bond acceptors (Lipinski definition) is 0. The monoisotopic (exact) mass is 248 g/mol. The van der Waals surface area contributed by atoms with Gasteiger partial charge in [0, 0.05) is 11.3 Å². The third-order valence-electron chi connectivity index (χ3n) is 2.81. The van der Waals surface area contributed by atoms with Gasteiger partial charge >= 0.3 is 0 Å². The maximum atomic E-state index is 6.24. The molecule has 0 bridgehead atoms. The lowest BCUT2D eigenvalue weighted by Crippen LogP contribution is -2.05. The highest BCUT2D eigenvalue weighted by Gasteiger charge is 2.28. The lowest BCUT2D eigenvalue weighted by Gasteiger charge is -2.16. The summed E-state index contributed by atoms with van der Waals surface area (Å²) in [6.07, 6.45) is 3.38. The van der Waals surface area contributed by atoms with E-state index in [0.717, 1.165) is 18.4 Å². The lowest BCUT2D eigenvalue weighted by molar-refractivity contribution is 0.730. The molecule has 1 aromatic carbocycles. The van der Waals surface area contributed by atoms with Crippen LogP contribution in [0.3, 0.4) is 0 Å². The van der Waals surface area contributed by atoms with Crippen molar-refractivity contribution in [3.63, 3.8) is 0 Å². The number of rotatable bonds is 1. The van der Waals surface area contributed by atoms with Crippen molar-refractivity contribution in [2.24, 2.45) is 0 Å². The Kier molecular flexibility index (Phi) is 3.26. The summed E-state index contributed by atoms with van der Waals surface area (Å²) in [5.41, 5.74) is 1.11. The van der Waals surface area contributed by atoms with Gasteiger partial charge in [0.15, 0.2) is 0 Å². The van der Waals surface area contributed by atoms with Crippen molar-refractivity contribution >= 4 is 34.8 Å². The first-order valence-corrected chi connectivity index (χ1v) is 5.97. The Balaban J connectivity index is 2.36. The average Bonchev–Trinajstić information content (AvgIpc) is 2.57. The molecule has 1 aliphatic rings. The number of benzene rings is 1. The summed E-state index contributed by atoms with van der Waals surface area (Å²) in [5, 5.41) is 1.51. The van der Waals surface area contributed by atoms with E-state index in [9.17, 15) is 0 Å². The van der Waals surface area contributed by atoms with E-state index in [2.05, 4.69) is 0 Å². The van der Waals surface area contributed by atoms with Crippen LogP contribution in [-0.4, -0.2) is 5.38 Å². The van der Waals surface area contributed by atoms with Crippen molar-refractivity contribution in [2.75, 3.05) is 0 Å². The van der Waals surface area contributed by atoms with E-state index in [1.807, 2.05) is 18.2 Å². The normalized spacial score (nSPS) is 26.8. The van der Waals surface area contributed by atoms with E-state index in [1.54, 1.807) is 0 Å². The topological polar surface area (TPSA) is 0 Å². The van der Waals surface area contributed by atoms with Gasteiger partial charge in [-0.05, 0) is 24.5 Å². The second kappa shape index (κ2) is 4.30. The molecule has 3 heteroatoms. The number of hydrogen-bond donors (Lipinski definition) is 0. The number of alkyl halides is 1. The van der Waals surface area contributed by atoms with Crippen LogP contribution in [0.1, 0.15) is 30.7 Å². The molecule has 2 unspecified atom stereocenters. The summed E-state index contributed by atoms with van der Waals surface area (Å²) < 4.78 is 0. The Labute approximate surface area is 99.2 Å².